The van der Waals surface area contributed by atoms with Gasteiger partial charge in [0.25, 0.3) is 5.91 Å². The molecule has 0 aliphatic carbocycles. The summed E-state index contributed by atoms with van der Waals surface area (Å²) in [6.45, 7) is 3.25. The van der Waals surface area contributed by atoms with Crippen LogP contribution in [0.4, 0.5) is 11.6 Å². The number of hydrogen-bond acceptors (Lipinski definition) is 6. The van der Waals surface area contributed by atoms with E-state index in [1.165, 1.54) is 0 Å². The molecule has 1 aliphatic heterocycles. The number of likely N-dealkylation sites (tertiary alicyclic amines) is 1. The van der Waals surface area contributed by atoms with Gasteiger partial charge >= 0.3 is 0 Å². The van der Waals surface area contributed by atoms with Crippen LogP contribution in [-0.4, -0.2) is 43.8 Å². The molecule has 1 amide bonds. The number of carbonyl (C=O) groups excluding carboxylic acids is 1. The van der Waals surface area contributed by atoms with Crippen LogP contribution in [0, 0.1) is 6.92 Å². The Bertz CT molecular complexity index is 932. The number of pyridine rings is 2. The smallest absolute Gasteiger partial charge is 0.255 e. The molecule has 4 heterocycles. The molecule has 1 atom stereocenters. The first kappa shape index (κ1) is 17.1. The van der Waals surface area contributed by atoms with Gasteiger partial charge in [0, 0.05) is 49.4 Å². The molecule has 0 aromatic carbocycles. The van der Waals surface area contributed by atoms with Crippen LogP contribution >= 0.6 is 0 Å². The molecule has 0 radical (unpaired) electrons. The van der Waals surface area contributed by atoms with Gasteiger partial charge in [0.05, 0.1) is 5.56 Å². The average molecular weight is 360 g/mol. The predicted molar refractivity (Wildman–Crippen MR) is 102 cm³/mol. The van der Waals surface area contributed by atoms with Crippen molar-refractivity contribution < 1.29 is 4.79 Å². The first-order valence-electron chi connectivity index (χ1n) is 8.92. The van der Waals surface area contributed by atoms with Gasteiger partial charge in [-0.3, -0.25) is 9.78 Å². The SMILES string of the molecule is Cc1cc(Nc2ccccn2)nc([C@H]2CCN(C(=O)c3cccnc3)C2)n1. The van der Waals surface area contributed by atoms with Gasteiger partial charge in [0.15, 0.2) is 0 Å². The van der Waals surface area contributed by atoms with Crippen LogP contribution in [0.5, 0.6) is 0 Å². The van der Waals surface area contributed by atoms with E-state index in [1.807, 2.05) is 36.1 Å². The molecule has 0 bridgehead atoms. The van der Waals surface area contributed by atoms with E-state index in [4.69, 9.17) is 0 Å². The molecule has 4 rings (SSSR count). The molecule has 1 fully saturated rings. The van der Waals surface area contributed by atoms with E-state index in [2.05, 4.69) is 25.3 Å². The zero-order valence-corrected chi connectivity index (χ0v) is 15.0. The molecule has 0 unspecified atom stereocenters. The second kappa shape index (κ2) is 7.49. The molecule has 7 nitrogen and oxygen atoms in total. The van der Waals surface area contributed by atoms with E-state index < -0.39 is 0 Å². The highest BCUT2D eigenvalue weighted by Gasteiger charge is 2.30. The Morgan fingerprint density at radius 1 is 1.15 bits per heavy atom. The van der Waals surface area contributed by atoms with Gasteiger partial charge in [-0.15, -0.1) is 0 Å². The predicted octanol–water partition coefficient (Wildman–Crippen LogP) is 2.95. The molecule has 1 aliphatic rings. The molecule has 7 heteroatoms. The molecule has 3 aromatic heterocycles. The number of carbonyl (C=O) groups is 1. The summed E-state index contributed by atoms with van der Waals surface area (Å²) in [6, 6.07) is 11.1. The Morgan fingerprint density at radius 2 is 2.07 bits per heavy atom. The molecule has 1 saturated heterocycles. The summed E-state index contributed by atoms with van der Waals surface area (Å²) in [6.07, 6.45) is 5.85. The summed E-state index contributed by atoms with van der Waals surface area (Å²) < 4.78 is 0. The second-order valence-electron chi connectivity index (χ2n) is 6.57. The van der Waals surface area contributed by atoms with Crippen molar-refractivity contribution in [2.24, 2.45) is 0 Å². The number of nitrogens with zero attached hydrogens (tertiary/aromatic N) is 5. The lowest BCUT2D eigenvalue weighted by Gasteiger charge is -2.16. The van der Waals surface area contributed by atoms with Crippen molar-refractivity contribution in [2.45, 2.75) is 19.3 Å². The van der Waals surface area contributed by atoms with Crippen molar-refractivity contribution in [1.82, 2.24) is 24.8 Å². The number of rotatable bonds is 4. The summed E-state index contributed by atoms with van der Waals surface area (Å²) in [4.78, 5) is 32.0. The van der Waals surface area contributed by atoms with Crippen molar-refractivity contribution in [1.29, 1.82) is 0 Å². The fraction of sp³-hybridized carbons (Fsp3) is 0.250. The van der Waals surface area contributed by atoms with Crippen LogP contribution in [0.1, 0.15) is 34.2 Å². The van der Waals surface area contributed by atoms with Gasteiger partial charge < -0.3 is 10.2 Å². The molecule has 1 N–H and O–H groups in total. The molecule has 0 spiro atoms. The summed E-state index contributed by atoms with van der Waals surface area (Å²) in [5.74, 6) is 2.34. The molecule has 3 aromatic rings. The molecule has 136 valence electrons. The van der Waals surface area contributed by atoms with Crippen LogP contribution in [0.25, 0.3) is 0 Å². The lowest BCUT2D eigenvalue weighted by molar-refractivity contribution is 0.0790. The number of amides is 1. The zero-order valence-electron chi connectivity index (χ0n) is 15.0. The Hall–Kier alpha value is -3.35. The van der Waals surface area contributed by atoms with Crippen molar-refractivity contribution in [3.63, 3.8) is 0 Å². The molecular weight excluding hydrogens is 340 g/mol. The summed E-state index contributed by atoms with van der Waals surface area (Å²) >= 11 is 0. The van der Waals surface area contributed by atoms with Gasteiger partial charge in [-0.1, -0.05) is 6.07 Å². The second-order valence-corrected chi connectivity index (χ2v) is 6.57. The van der Waals surface area contributed by atoms with Crippen molar-refractivity contribution in [3.05, 3.63) is 72.1 Å². The van der Waals surface area contributed by atoms with Crippen LogP contribution in [0.15, 0.2) is 55.0 Å². The highest BCUT2D eigenvalue weighted by molar-refractivity contribution is 5.94. The maximum absolute atomic E-state index is 12.6. The van der Waals surface area contributed by atoms with Gasteiger partial charge in [-0.2, -0.15) is 0 Å². The van der Waals surface area contributed by atoms with E-state index in [-0.39, 0.29) is 11.8 Å². The van der Waals surface area contributed by atoms with Gasteiger partial charge in [0.2, 0.25) is 0 Å². The Labute approximate surface area is 157 Å². The Kier molecular flexibility index (Phi) is 4.74. The number of nitrogens with one attached hydrogen (secondary N) is 1. The minimum absolute atomic E-state index is 0.00471. The Morgan fingerprint density at radius 3 is 2.85 bits per heavy atom. The topological polar surface area (TPSA) is 83.9 Å². The molecular formula is C20H20N6O. The number of hydrogen-bond donors (Lipinski definition) is 1. The summed E-state index contributed by atoms with van der Waals surface area (Å²) in [7, 11) is 0. The minimum Gasteiger partial charge on any atom is -0.338 e. The van der Waals surface area contributed by atoms with Crippen molar-refractivity contribution in [2.75, 3.05) is 18.4 Å². The third-order valence-corrected chi connectivity index (χ3v) is 4.54. The minimum atomic E-state index is 0.00471. The summed E-state index contributed by atoms with van der Waals surface area (Å²) in [5.41, 5.74) is 1.50. The van der Waals surface area contributed by atoms with Gasteiger partial charge in [0.1, 0.15) is 17.5 Å². The standard InChI is InChI=1S/C20H20N6O/c1-14-11-18(24-17-6-2-3-9-22-17)25-19(23-14)16-7-10-26(13-16)20(27)15-5-4-8-21-12-15/h2-6,8-9,11-12,16H,7,10,13H2,1H3,(H,22,23,24,25)/t16-/m0/s1. The van der Waals surface area contributed by atoms with E-state index in [0.29, 0.717) is 24.5 Å². The normalized spacial score (nSPS) is 16.3. The number of anilines is 2. The largest absolute Gasteiger partial charge is 0.338 e. The zero-order chi connectivity index (χ0) is 18.6. The van der Waals surface area contributed by atoms with Crippen LogP contribution in [-0.2, 0) is 0 Å². The van der Waals surface area contributed by atoms with Crippen LogP contribution in [0.2, 0.25) is 0 Å². The first-order chi connectivity index (χ1) is 13.2. The van der Waals surface area contributed by atoms with Crippen molar-refractivity contribution >= 4 is 17.5 Å². The highest BCUT2D eigenvalue weighted by Crippen LogP contribution is 2.27. The third-order valence-electron chi connectivity index (χ3n) is 4.54. The lowest BCUT2D eigenvalue weighted by Crippen LogP contribution is -2.28. The maximum Gasteiger partial charge on any atom is 0.255 e. The van der Waals surface area contributed by atoms with Gasteiger partial charge in [-0.05, 0) is 37.6 Å². The highest BCUT2D eigenvalue weighted by atomic mass is 16.2. The van der Waals surface area contributed by atoms with E-state index in [9.17, 15) is 4.79 Å². The third kappa shape index (κ3) is 3.92. The summed E-state index contributed by atoms with van der Waals surface area (Å²) in [5, 5.41) is 3.22. The molecule has 27 heavy (non-hydrogen) atoms. The molecule has 0 saturated carbocycles. The fourth-order valence-corrected chi connectivity index (χ4v) is 3.23. The fourth-order valence-electron chi connectivity index (χ4n) is 3.23. The van der Waals surface area contributed by atoms with Crippen LogP contribution < -0.4 is 5.32 Å². The number of aryl methyl sites for hydroxylation is 1. The quantitative estimate of drug-likeness (QED) is 0.770. The first-order valence-corrected chi connectivity index (χ1v) is 8.92. The van der Waals surface area contributed by atoms with Crippen molar-refractivity contribution in [3.8, 4) is 0 Å². The average Bonchev–Trinajstić information content (AvgIpc) is 3.19. The van der Waals surface area contributed by atoms with Crippen LogP contribution in [0.3, 0.4) is 0 Å². The monoisotopic (exact) mass is 360 g/mol. The maximum atomic E-state index is 12.6. The Balaban J connectivity index is 1.50. The number of aromatic nitrogens is 4. The van der Waals surface area contributed by atoms with E-state index in [0.717, 1.165) is 23.8 Å². The van der Waals surface area contributed by atoms with E-state index in [1.54, 1.807) is 30.7 Å². The van der Waals surface area contributed by atoms with E-state index >= 15 is 0 Å². The van der Waals surface area contributed by atoms with Gasteiger partial charge in [-0.25, -0.2) is 15.0 Å². The lowest BCUT2D eigenvalue weighted by atomic mass is 10.1.